The number of aromatic nitrogens is 1. The molecule has 0 radical (unpaired) electrons. The molecule has 4 heteroatoms. The van der Waals surface area contributed by atoms with E-state index in [9.17, 15) is 0 Å². The average molecular weight is 729 g/mol. The molecule has 0 saturated heterocycles. The van der Waals surface area contributed by atoms with Gasteiger partial charge in [0.1, 0.15) is 16.7 Å². The third-order valence-electron chi connectivity index (χ3n) is 11.4. The number of hydrogen-bond acceptors (Lipinski definition) is 4. The van der Waals surface area contributed by atoms with Crippen molar-refractivity contribution >= 4 is 93.2 Å². The molecule has 0 aliphatic rings. The van der Waals surface area contributed by atoms with Gasteiger partial charge in [0.15, 0.2) is 5.58 Å². The van der Waals surface area contributed by atoms with Crippen molar-refractivity contribution in [2.45, 2.75) is 0 Å². The largest absolute Gasteiger partial charge is 0.456 e. The summed E-state index contributed by atoms with van der Waals surface area (Å²) >= 11 is 0. The zero-order chi connectivity index (χ0) is 37.5. The average Bonchev–Trinajstić information content (AvgIpc) is 3.89. The topological polar surface area (TPSA) is 42.4 Å². The fraction of sp³-hybridized carbons (Fsp3) is 0. The lowest BCUT2D eigenvalue weighted by molar-refractivity contribution is 0.623. The molecule has 2 heterocycles. The second-order valence-corrected chi connectivity index (χ2v) is 14.7. The van der Waals surface area contributed by atoms with Crippen molar-refractivity contribution in [2.75, 3.05) is 4.90 Å². The number of rotatable bonds is 5. The number of anilines is 3. The van der Waals surface area contributed by atoms with Crippen LogP contribution in [-0.2, 0) is 0 Å². The van der Waals surface area contributed by atoms with Crippen molar-refractivity contribution < 1.29 is 8.83 Å². The smallest absolute Gasteiger partial charge is 0.228 e. The third kappa shape index (κ3) is 4.98. The Hall–Kier alpha value is -7.69. The van der Waals surface area contributed by atoms with E-state index in [1.165, 1.54) is 37.9 Å². The molecule has 12 aromatic rings. The zero-order valence-corrected chi connectivity index (χ0v) is 30.7. The summed E-state index contributed by atoms with van der Waals surface area (Å²) in [5.41, 5.74) is 9.55. The summed E-state index contributed by atoms with van der Waals surface area (Å²) in [5, 5.41) is 11.5. The van der Waals surface area contributed by atoms with Crippen LogP contribution in [0, 0.1) is 0 Å². The number of oxazole rings is 1. The molecular weight excluding hydrogens is 697 g/mol. The summed E-state index contributed by atoms with van der Waals surface area (Å²) < 4.78 is 13.3. The second-order valence-electron chi connectivity index (χ2n) is 14.7. The summed E-state index contributed by atoms with van der Waals surface area (Å²) in [4.78, 5) is 7.36. The fourth-order valence-electron chi connectivity index (χ4n) is 8.83. The van der Waals surface area contributed by atoms with Crippen LogP contribution in [0.3, 0.4) is 0 Å². The molecule has 2 aromatic heterocycles. The standard InChI is InChI=1S/C53H32N2O2/c1-2-11-33(12-3-1)37-16-8-17-38(31-37)55(47-21-9-15-36-24-27-42-40-18-6-4-13-34(40)23-28-43(42)50(36)47)39-26-29-44-49(32-39)56-48-22-10-20-45(51(44)48)53-54-46-30-25-35-14-5-7-19-41(35)52(46)57-53/h1-32H. The van der Waals surface area contributed by atoms with Gasteiger partial charge in [-0.2, -0.15) is 0 Å². The van der Waals surface area contributed by atoms with Crippen molar-refractivity contribution in [2.24, 2.45) is 0 Å². The molecule has 12 rings (SSSR count). The van der Waals surface area contributed by atoms with Crippen LogP contribution in [0.4, 0.5) is 17.1 Å². The first-order chi connectivity index (χ1) is 28.2. The molecule has 0 bridgehead atoms. The monoisotopic (exact) mass is 728 g/mol. The van der Waals surface area contributed by atoms with Gasteiger partial charge in [0.05, 0.1) is 5.69 Å². The highest BCUT2D eigenvalue weighted by Crippen LogP contribution is 2.46. The van der Waals surface area contributed by atoms with Gasteiger partial charge in [0.25, 0.3) is 0 Å². The van der Waals surface area contributed by atoms with Gasteiger partial charge >= 0.3 is 0 Å². The molecule has 10 aromatic carbocycles. The highest BCUT2D eigenvalue weighted by molar-refractivity contribution is 6.22. The first-order valence-corrected chi connectivity index (χ1v) is 19.3. The van der Waals surface area contributed by atoms with Crippen LogP contribution in [0.1, 0.15) is 0 Å². The maximum atomic E-state index is 6.72. The van der Waals surface area contributed by atoms with Crippen molar-refractivity contribution in [3.8, 4) is 22.6 Å². The summed E-state index contributed by atoms with van der Waals surface area (Å²) in [5.74, 6) is 0.577. The molecule has 57 heavy (non-hydrogen) atoms. The molecule has 0 unspecified atom stereocenters. The number of furan rings is 1. The van der Waals surface area contributed by atoms with E-state index in [-0.39, 0.29) is 0 Å². The number of hydrogen-bond donors (Lipinski definition) is 0. The van der Waals surface area contributed by atoms with E-state index in [1.807, 2.05) is 30.3 Å². The van der Waals surface area contributed by atoms with Gasteiger partial charge in [-0.1, -0.05) is 140 Å². The molecule has 0 atom stereocenters. The number of fused-ring (bicyclic) bond motifs is 11. The van der Waals surface area contributed by atoms with Crippen LogP contribution in [0.25, 0.3) is 98.7 Å². The Bertz CT molecular complexity index is 3540. The van der Waals surface area contributed by atoms with Gasteiger partial charge in [0.2, 0.25) is 5.89 Å². The van der Waals surface area contributed by atoms with Crippen LogP contribution < -0.4 is 4.90 Å². The lowest BCUT2D eigenvalue weighted by Crippen LogP contribution is -2.10. The summed E-state index contributed by atoms with van der Waals surface area (Å²) in [7, 11) is 0. The number of benzene rings is 10. The van der Waals surface area contributed by atoms with Gasteiger partial charge in [0, 0.05) is 44.5 Å². The van der Waals surface area contributed by atoms with Crippen molar-refractivity contribution in [1.82, 2.24) is 4.98 Å². The fourth-order valence-corrected chi connectivity index (χ4v) is 8.83. The SMILES string of the molecule is c1ccc(-c2cccc(N(c3ccc4c(c3)oc3cccc(-c5nc6ccc7ccccc7c6o5)c34)c3cccc4ccc5c6ccccc6ccc5c34)c2)cc1. The van der Waals surface area contributed by atoms with Gasteiger partial charge < -0.3 is 13.7 Å². The molecule has 4 nitrogen and oxygen atoms in total. The Morgan fingerprint density at radius 3 is 1.98 bits per heavy atom. The molecule has 0 amide bonds. The molecule has 0 saturated carbocycles. The van der Waals surface area contributed by atoms with Crippen molar-refractivity contribution in [1.29, 1.82) is 0 Å². The van der Waals surface area contributed by atoms with E-state index in [0.29, 0.717) is 5.89 Å². The normalized spacial score (nSPS) is 11.9. The highest BCUT2D eigenvalue weighted by Gasteiger charge is 2.22. The predicted octanol–water partition coefficient (Wildman–Crippen LogP) is 15.1. The third-order valence-corrected chi connectivity index (χ3v) is 11.4. The quantitative estimate of drug-likeness (QED) is 0.166. The maximum Gasteiger partial charge on any atom is 0.228 e. The Morgan fingerprint density at radius 2 is 1.07 bits per heavy atom. The molecular formula is C53H32N2O2. The minimum Gasteiger partial charge on any atom is -0.456 e. The Morgan fingerprint density at radius 1 is 0.386 bits per heavy atom. The van der Waals surface area contributed by atoms with Crippen molar-refractivity contribution in [3.63, 3.8) is 0 Å². The van der Waals surface area contributed by atoms with E-state index in [1.54, 1.807) is 0 Å². The Balaban J connectivity index is 1.09. The minimum absolute atomic E-state index is 0.577. The highest BCUT2D eigenvalue weighted by atomic mass is 16.3. The molecule has 266 valence electrons. The van der Waals surface area contributed by atoms with E-state index >= 15 is 0 Å². The Kier molecular flexibility index (Phi) is 6.89. The van der Waals surface area contributed by atoms with Crippen LogP contribution in [0.15, 0.2) is 203 Å². The first kappa shape index (κ1) is 31.6. The maximum absolute atomic E-state index is 6.72. The van der Waals surface area contributed by atoms with Crippen LogP contribution >= 0.6 is 0 Å². The summed E-state index contributed by atoms with van der Waals surface area (Å²) in [6, 6.07) is 68.8. The lowest BCUT2D eigenvalue weighted by atomic mass is 9.95. The summed E-state index contributed by atoms with van der Waals surface area (Å²) in [6.07, 6.45) is 0. The molecule has 0 spiro atoms. The van der Waals surface area contributed by atoms with Gasteiger partial charge in [-0.3, -0.25) is 0 Å². The molecule has 0 aliphatic heterocycles. The van der Waals surface area contributed by atoms with E-state index in [4.69, 9.17) is 13.8 Å². The minimum atomic E-state index is 0.577. The zero-order valence-electron chi connectivity index (χ0n) is 30.7. The number of nitrogens with zero attached hydrogens (tertiary/aromatic N) is 2. The van der Waals surface area contributed by atoms with E-state index < -0.39 is 0 Å². The summed E-state index contributed by atoms with van der Waals surface area (Å²) in [6.45, 7) is 0. The van der Waals surface area contributed by atoms with Gasteiger partial charge in [-0.05, 0) is 92.0 Å². The molecule has 0 aliphatic carbocycles. The lowest BCUT2D eigenvalue weighted by Gasteiger charge is -2.28. The first-order valence-electron chi connectivity index (χ1n) is 19.3. The van der Waals surface area contributed by atoms with Crippen LogP contribution in [0.2, 0.25) is 0 Å². The van der Waals surface area contributed by atoms with Crippen molar-refractivity contribution in [3.05, 3.63) is 194 Å². The predicted molar refractivity (Wildman–Crippen MR) is 237 cm³/mol. The molecule has 0 N–H and O–H groups in total. The molecule has 0 fully saturated rings. The van der Waals surface area contributed by atoms with Crippen LogP contribution in [-0.4, -0.2) is 4.98 Å². The van der Waals surface area contributed by atoms with Gasteiger partial charge in [-0.25, -0.2) is 4.98 Å². The van der Waals surface area contributed by atoms with Gasteiger partial charge in [-0.15, -0.1) is 0 Å². The van der Waals surface area contributed by atoms with E-state index in [0.717, 1.165) is 72.0 Å². The Labute approximate surface area is 327 Å². The van der Waals surface area contributed by atoms with Crippen LogP contribution in [0.5, 0.6) is 0 Å². The van der Waals surface area contributed by atoms with E-state index in [2.05, 4.69) is 169 Å². The second kappa shape index (κ2) is 12.4.